The third-order valence-corrected chi connectivity index (χ3v) is 6.62. The van der Waals surface area contributed by atoms with Crippen LogP contribution in [0, 0.1) is 5.92 Å². The second kappa shape index (κ2) is 9.16. The monoisotopic (exact) mass is 455 g/mol. The third kappa shape index (κ3) is 4.50. The number of hydrogen-bond acceptors (Lipinski definition) is 7. The van der Waals surface area contributed by atoms with E-state index in [1.165, 1.54) is 5.70 Å². The molecule has 0 radical (unpaired) electrons. The lowest BCUT2D eigenvalue weighted by Crippen LogP contribution is -2.39. The van der Waals surface area contributed by atoms with Crippen LogP contribution in [-0.4, -0.2) is 80.2 Å². The van der Waals surface area contributed by atoms with Gasteiger partial charge in [-0.2, -0.15) is 0 Å². The molecule has 1 fully saturated rings. The highest BCUT2D eigenvalue weighted by Crippen LogP contribution is 2.30. The van der Waals surface area contributed by atoms with Crippen molar-refractivity contribution in [1.82, 2.24) is 15.1 Å². The maximum atomic E-state index is 6.65. The van der Waals surface area contributed by atoms with E-state index in [1.807, 2.05) is 20.2 Å². The Morgan fingerprint density at radius 2 is 2.00 bits per heavy atom. The number of amidine groups is 1. The highest BCUT2D eigenvalue weighted by atomic mass is 35.5. The number of halogens is 1. The van der Waals surface area contributed by atoms with E-state index in [9.17, 15) is 0 Å². The van der Waals surface area contributed by atoms with E-state index < -0.39 is 0 Å². The molecule has 0 amide bonds. The van der Waals surface area contributed by atoms with Gasteiger partial charge in [0.2, 0.25) is 0 Å². The van der Waals surface area contributed by atoms with Gasteiger partial charge in [0, 0.05) is 50.9 Å². The van der Waals surface area contributed by atoms with E-state index in [1.54, 1.807) is 0 Å². The SMILES string of the molecule is CN(C)C1=CC(OC2=NC3C=C(Cl)C(C4C=CC(N5CCOCC5)=CC4)=NC3N2)CC=C1. The number of hydrogen-bond donors (Lipinski definition) is 1. The predicted molar refractivity (Wildman–Crippen MR) is 128 cm³/mol. The summed E-state index contributed by atoms with van der Waals surface area (Å²) in [6, 6.07) is 0.402. The van der Waals surface area contributed by atoms with Crippen LogP contribution in [0.2, 0.25) is 0 Å². The first-order valence-electron chi connectivity index (χ1n) is 11.3. The van der Waals surface area contributed by atoms with Crippen LogP contribution in [0.5, 0.6) is 0 Å². The zero-order valence-corrected chi connectivity index (χ0v) is 19.3. The number of aliphatic imine (C=N–C) groups is 2. The maximum absolute atomic E-state index is 6.65. The lowest BCUT2D eigenvalue weighted by molar-refractivity contribution is 0.0551. The van der Waals surface area contributed by atoms with Crippen molar-refractivity contribution < 1.29 is 9.47 Å². The van der Waals surface area contributed by atoms with Crippen molar-refractivity contribution >= 4 is 23.3 Å². The molecule has 5 aliphatic rings. The van der Waals surface area contributed by atoms with E-state index >= 15 is 0 Å². The number of fused-ring (bicyclic) bond motifs is 1. The van der Waals surface area contributed by atoms with Gasteiger partial charge in [0.1, 0.15) is 18.3 Å². The smallest absolute Gasteiger partial charge is 0.287 e. The van der Waals surface area contributed by atoms with Gasteiger partial charge in [-0.05, 0) is 30.7 Å². The molecular weight excluding hydrogens is 426 g/mol. The number of morpholine rings is 1. The Bertz CT molecular complexity index is 955. The molecule has 0 saturated carbocycles. The fraction of sp³-hybridized carbons (Fsp3) is 0.500. The highest BCUT2D eigenvalue weighted by Gasteiger charge is 2.35. The molecular formula is C24H30ClN5O2. The quantitative estimate of drug-likeness (QED) is 0.706. The fourth-order valence-electron chi connectivity index (χ4n) is 4.50. The standard InChI is InChI=1S/C24H30ClN5O2/c1-29(2)18-4-3-5-19(14-18)32-24-26-21-15-20(25)22(27-23(21)28-24)16-6-8-17(9-7-16)30-10-12-31-13-11-30/h3-4,6,8-9,14-16,19,21,23H,5,7,10-13H2,1-2H3,(H,26,28). The van der Waals surface area contributed by atoms with Gasteiger partial charge < -0.3 is 24.6 Å². The number of dihydropyridines is 1. The van der Waals surface area contributed by atoms with Crippen molar-refractivity contribution in [2.45, 2.75) is 31.2 Å². The molecule has 0 bridgehead atoms. The Morgan fingerprint density at radius 1 is 1.16 bits per heavy atom. The van der Waals surface area contributed by atoms with Gasteiger partial charge in [0.05, 0.1) is 24.0 Å². The fourth-order valence-corrected chi connectivity index (χ4v) is 4.82. The van der Waals surface area contributed by atoms with E-state index in [-0.39, 0.29) is 24.2 Å². The molecule has 7 nitrogen and oxygen atoms in total. The van der Waals surface area contributed by atoms with Crippen LogP contribution in [0.15, 0.2) is 68.9 Å². The highest BCUT2D eigenvalue weighted by molar-refractivity contribution is 6.44. The van der Waals surface area contributed by atoms with Gasteiger partial charge >= 0.3 is 0 Å². The van der Waals surface area contributed by atoms with Crippen LogP contribution in [0.3, 0.4) is 0 Å². The van der Waals surface area contributed by atoms with Gasteiger partial charge in [-0.25, -0.2) is 4.99 Å². The molecule has 5 rings (SSSR count). The second-order valence-corrected chi connectivity index (χ2v) is 9.16. The average molecular weight is 456 g/mol. The van der Waals surface area contributed by atoms with E-state index in [2.05, 4.69) is 56.6 Å². The van der Waals surface area contributed by atoms with Crippen LogP contribution in [-0.2, 0) is 9.47 Å². The molecule has 0 aromatic carbocycles. The molecule has 1 N–H and O–H groups in total. The molecule has 4 unspecified atom stereocenters. The minimum atomic E-state index is -0.169. The number of likely N-dealkylation sites (N-methyl/N-ethyl adjacent to an activating group) is 1. The van der Waals surface area contributed by atoms with Crippen LogP contribution in [0.1, 0.15) is 12.8 Å². The van der Waals surface area contributed by atoms with Gasteiger partial charge in [-0.1, -0.05) is 29.8 Å². The van der Waals surface area contributed by atoms with E-state index in [0.717, 1.165) is 50.6 Å². The third-order valence-electron chi connectivity index (χ3n) is 6.30. The summed E-state index contributed by atoms with van der Waals surface area (Å²) >= 11 is 6.65. The number of nitrogens with one attached hydrogen (secondary N) is 1. The molecule has 3 heterocycles. The first-order valence-corrected chi connectivity index (χ1v) is 11.7. The Kier molecular flexibility index (Phi) is 6.11. The van der Waals surface area contributed by atoms with Crippen molar-refractivity contribution in [3.8, 4) is 0 Å². The van der Waals surface area contributed by atoms with Gasteiger partial charge in [-0.15, -0.1) is 0 Å². The molecule has 170 valence electrons. The van der Waals surface area contributed by atoms with Crippen molar-refractivity contribution in [1.29, 1.82) is 0 Å². The minimum Gasteiger partial charge on any atom is -0.457 e. The van der Waals surface area contributed by atoms with E-state index in [0.29, 0.717) is 11.1 Å². The summed E-state index contributed by atoms with van der Waals surface area (Å²) in [4.78, 5) is 14.1. The zero-order chi connectivity index (χ0) is 22.1. The van der Waals surface area contributed by atoms with Gasteiger partial charge in [0.15, 0.2) is 0 Å². The van der Waals surface area contributed by atoms with Crippen molar-refractivity contribution in [2.24, 2.45) is 15.9 Å². The molecule has 0 aromatic rings. The summed E-state index contributed by atoms with van der Waals surface area (Å²) in [5, 5.41) is 4.03. The lowest BCUT2D eigenvalue weighted by atomic mass is 9.91. The first kappa shape index (κ1) is 21.3. The van der Waals surface area contributed by atoms with Crippen LogP contribution in [0.25, 0.3) is 0 Å². The molecule has 32 heavy (non-hydrogen) atoms. The van der Waals surface area contributed by atoms with Crippen molar-refractivity contribution in [3.05, 3.63) is 59.0 Å². The normalized spacial score (nSPS) is 31.6. The van der Waals surface area contributed by atoms with Crippen LogP contribution < -0.4 is 5.32 Å². The van der Waals surface area contributed by atoms with Gasteiger partial charge in [-0.3, -0.25) is 4.99 Å². The summed E-state index contributed by atoms with van der Waals surface area (Å²) in [5.41, 5.74) is 3.32. The first-order chi connectivity index (χ1) is 15.6. The number of allylic oxidation sites excluding steroid dienone is 5. The molecule has 0 spiro atoms. The predicted octanol–water partition coefficient (Wildman–Crippen LogP) is 2.80. The minimum absolute atomic E-state index is 0.0447. The molecule has 0 aromatic heterocycles. The molecule has 1 saturated heterocycles. The van der Waals surface area contributed by atoms with E-state index in [4.69, 9.17) is 26.1 Å². The second-order valence-electron chi connectivity index (χ2n) is 8.75. The summed E-state index contributed by atoms with van der Waals surface area (Å²) in [6.07, 6.45) is 16.5. The summed E-state index contributed by atoms with van der Waals surface area (Å²) in [6.45, 7) is 3.47. The number of rotatable bonds is 4. The largest absolute Gasteiger partial charge is 0.457 e. The Morgan fingerprint density at radius 3 is 2.75 bits per heavy atom. The lowest BCUT2D eigenvalue weighted by Gasteiger charge is -2.32. The molecule has 8 heteroatoms. The average Bonchev–Trinajstić information content (AvgIpc) is 3.20. The number of ether oxygens (including phenoxy) is 2. The van der Waals surface area contributed by atoms with Crippen molar-refractivity contribution in [3.63, 3.8) is 0 Å². The maximum Gasteiger partial charge on any atom is 0.287 e. The zero-order valence-electron chi connectivity index (χ0n) is 18.6. The summed E-state index contributed by atoms with van der Waals surface area (Å²) < 4.78 is 11.6. The topological polar surface area (TPSA) is 61.7 Å². The molecule has 3 aliphatic heterocycles. The molecule has 4 atom stereocenters. The number of nitrogens with zero attached hydrogens (tertiary/aromatic N) is 4. The van der Waals surface area contributed by atoms with Crippen molar-refractivity contribution in [2.75, 3.05) is 40.4 Å². The summed E-state index contributed by atoms with van der Waals surface area (Å²) in [7, 11) is 4.06. The Hall–Kier alpha value is -2.51. The van der Waals surface area contributed by atoms with Crippen LogP contribution >= 0.6 is 11.6 Å². The van der Waals surface area contributed by atoms with Gasteiger partial charge in [0.25, 0.3) is 6.02 Å². The Labute approximate surface area is 194 Å². The summed E-state index contributed by atoms with van der Waals surface area (Å²) in [5.74, 6) is 0.172. The van der Waals surface area contributed by atoms with Crippen LogP contribution in [0.4, 0.5) is 0 Å². The molecule has 2 aliphatic carbocycles. The Balaban J connectivity index is 1.22.